The molecular formula is C21H25N5. The zero-order valence-electron chi connectivity index (χ0n) is 15.7. The number of hydrogen-bond donors (Lipinski definition) is 0. The lowest BCUT2D eigenvalue weighted by Gasteiger charge is -2.38. The van der Waals surface area contributed by atoms with Crippen LogP contribution in [-0.4, -0.2) is 41.1 Å². The topological polar surface area (TPSA) is 45.2 Å². The van der Waals surface area contributed by atoms with E-state index in [-0.39, 0.29) is 0 Å². The highest BCUT2D eigenvalue weighted by molar-refractivity contribution is 5.94. The summed E-state index contributed by atoms with van der Waals surface area (Å²) in [6.45, 7) is 10.2. The third kappa shape index (κ3) is 2.98. The van der Waals surface area contributed by atoms with Gasteiger partial charge in [0.2, 0.25) is 0 Å². The van der Waals surface area contributed by atoms with Gasteiger partial charge in [0, 0.05) is 43.5 Å². The number of aryl methyl sites for hydroxylation is 2. The third-order valence-electron chi connectivity index (χ3n) is 5.20. The van der Waals surface area contributed by atoms with E-state index in [9.17, 15) is 0 Å². The second-order valence-corrected chi connectivity index (χ2v) is 6.83. The second kappa shape index (κ2) is 6.90. The number of pyridine rings is 1. The Kier molecular flexibility index (Phi) is 4.45. The van der Waals surface area contributed by atoms with Crippen LogP contribution in [0.15, 0.2) is 36.5 Å². The lowest BCUT2D eigenvalue weighted by atomic mass is 10.0. The molecule has 1 aliphatic heterocycles. The van der Waals surface area contributed by atoms with Crippen molar-refractivity contribution in [3.63, 3.8) is 0 Å². The number of benzene rings is 1. The van der Waals surface area contributed by atoms with Crippen molar-refractivity contribution in [3.8, 4) is 0 Å². The highest BCUT2D eigenvalue weighted by atomic mass is 15.3. The summed E-state index contributed by atoms with van der Waals surface area (Å²) in [5.41, 5.74) is 4.98. The minimum absolute atomic E-state index is 0.828. The van der Waals surface area contributed by atoms with Gasteiger partial charge < -0.3 is 9.80 Å². The fourth-order valence-electron chi connectivity index (χ4n) is 3.92. The minimum atomic E-state index is 0.828. The number of para-hydroxylation sites is 1. The highest BCUT2D eigenvalue weighted by Gasteiger charge is 2.23. The first-order valence-electron chi connectivity index (χ1n) is 9.35. The zero-order chi connectivity index (χ0) is 18.1. The molecule has 0 bridgehead atoms. The van der Waals surface area contributed by atoms with Gasteiger partial charge in [0.15, 0.2) is 0 Å². The molecule has 0 atom stereocenters. The molecule has 1 fully saturated rings. The molecule has 0 aliphatic carbocycles. The maximum Gasteiger partial charge on any atom is 0.132 e. The van der Waals surface area contributed by atoms with Crippen LogP contribution in [0, 0.1) is 13.8 Å². The summed E-state index contributed by atoms with van der Waals surface area (Å²) in [6, 6.07) is 10.5. The van der Waals surface area contributed by atoms with Crippen LogP contribution in [0.3, 0.4) is 0 Å². The van der Waals surface area contributed by atoms with Gasteiger partial charge in [0.1, 0.15) is 11.6 Å². The molecule has 0 unspecified atom stereocenters. The smallest absolute Gasteiger partial charge is 0.132 e. The van der Waals surface area contributed by atoms with Gasteiger partial charge in [-0.05, 0) is 38.0 Å². The van der Waals surface area contributed by atoms with E-state index in [0.717, 1.165) is 55.5 Å². The monoisotopic (exact) mass is 347 g/mol. The molecule has 0 radical (unpaired) electrons. The Balaban J connectivity index is 1.65. The van der Waals surface area contributed by atoms with Crippen molar-refractivity contribution in [1.29, 1.82) is 0 Å². The van der Waals surface area contributed by atoms with Crippen LogP contribution in [0.2, 0.25) is 0 Å². The van der Waals surface area contributed by atoms with E-state index in [1.165, 1.54) is 16.6 Å². The Bertz CT molecular complexity index is 929. The Morgan fingerprint density at radius 2 is 1.65 bits per heavy atom. The molecule has 3 aromatic rings. The first-order chi connectivity index (χ1) is 12.7. The van der Waals surface area contributed by atoms with E-state index in [1.54, 1.807) is 0 Å². The third-order valence-corrected chi connectivity index (χ3v) is 5.20. The number of fused-ring (bicyclic) bond motifs is 1. The lowest BCUT2D eigenvalue weighted by Crippen LogP contribution is -2.47. The Morgan fingerprint density at radius 3 is 2.38 bits per heavy atom. The van der Waals surface area contributed by atoms with Crippen LogP contribution in [0.4, 0.5) is 11.5 Å². The highest BCUT2D eigenvalue weighted by Crippen LogP contribution is 2.33. The van der Waals surface area contributed by atoms with E-state index >= 15 is 0 Å². The van der Waals surface area contributed by atoms with Gasteiger partial charge in [-0.2, -0.15) is 0 Å². The molecule has 1 saturated heterocycles. The van der Waals surface area contributed by atoms with Crippen molar-refractivity contribution in [2.24, 2.45) is 0 Å². The minimum Gasteiger partial charge on any atom is -0.367 e. The number of aromatic nitrogens is 3. The van der Waals surface area contributed by atoms with E-state index in [0.29, 0.717) is 0 Å². The maximum absolute atomic E-state index is 4.82. The molecule has 134 valence electrons. The molecule has 0 N–H and O–H groups in total. The lowest BCUT2D eigenvalue weighted by molar-refractivity contribution is 0.644. The van der Waals surface area contributed by atoms with Crippen molar-refractivity contribution in [2.45, 2.75) is 27.2 Å². The number of piperazine rings is 1. The summed E-state index contributed by atoms with van der Waals surface area (Å²) in [4.78, 5) is 18.5. The average molecular weight is 347 g/mol. The first-order valence-corrected chi connectivity index (χ1v) is 9.35. The van der Waals surface area contributed by atoms with Gasteiger partial charge in [0.25, 0.3) is 0 Å². The molecule has 2 aromatic heterocycles. The quantitative estimate of drug-likeness (QED) is 0.725. The van der Waals surface area contributed by atoms with Gasteiger partial charge in [-0.1, -0.05) is 25.1 Å². The molecule has 5 heteroatoms. The maximum atomic E-state index is 4.82. The predicted molar refractivity (Wildman–Crippen MR) is 107 cm³/mol. The van der Waals surface area contributed by atoms with Crippen LogP contribution >= 0.6 is 0 Å². The SMILES string of the molecule is CCc1c(C)nc2ccccc2c1N1CCN(c2ccnc(C)n2)CC1. The zero-order valence-corrected chi connectivity index (χ0v) is 15.7. The summed E-state index contributed by atoms with van der Waals surface area (Å²) in [7, 11) is 0. The van der Waals surface area contributed by atoms with Crippen LogP contribution in [0.25, 0.3) is 10.9 Å². The van der Waals surface area contributed by atoms with E-state index < -0.39 is 0 Å². The Labute approximate surface area is 154 Å². The molecular weight excluding hydrogens is 322 g/mol. The van der Waals surface area contributed by atoms with E-state index in [4.69, 9.17) is 4.98 Å². The summed E-state index contributed by atoms with van der Waals surface area (Å²) in [5.74, 6) is 1.86. The van der Waals surface area contributed by atoms with Crippen molar-refractivity contribution in [3.05, 3.63) is 53.6 Å². The molecule has 0 amide bonds. The molecule has 4 rings (SSSR count). The van der Waals surface area contributed by atoms with Gasteiger partial charge in [-0.15, -0.1) is 0 Å². The van der Waals surface area contributed by atoms with Crippen LogP contribution in [0.1, 0.15) is 24.0 Å². The molecule has 3 heterocycles. The van der Waals surface area contributed by atoms with Crippen molar-refractivity contribution in [2.75, 3.05) is 36.0 Å². The van der Waals surface area contributed by atoms with Gasteiger partial charge in [-0.25, -0.2) is 9.97 Å². The Hall–Kier alpha value is -2.69. The Morgan fingerprint density at radius 1 is 0.923 bits per heavy atom. The molecule has 0 spiro atoms. The summed E-state index contributed by atoms with van der Waals surface area (Å²) < 4.78 is 0. The number of anilines is 2. The molecule has 26 heavy (non-hydrogen) atoms. The summed E-state index contributed by atoms with van der Waals surface area (Å²) in [5, 5.41) is 1.27. The van der Waals surface area contributed by atoms with E-state index in [2.05, 4.69) is 57.9 Å². The van der Waals surface area contributed by atoms with E-state index in [1.807, 2.05) is 19.2 Å². The van der Waals surface area contributed by atoms with Crippen molar-refractivity contribution in [1.82, 2.24) is 15.0 Å². The summed E-state index contributed by atoms with van der Waals surface area (Å²) in [6.07, 6.45) is 2.85. The molecule has 0 saturated carbocycles. The van der Waals surface area contributed by atoms with Gasteiger partial charge >= 0.3 is 0 Å². The number of hydrogen-bond acceptors (Lipinski definition) is 5. The second-order valence-electron chi connectivity index (χ2n) is 6.83. The summed E-state index contributed by atoms with van der Waals surface area (Å²) >= 11 is 0. The van der Waals surface area contributed by atoms with Gasteiger partial charge in [0.05, 0.1) is 11.2 Å². The normalized spacial score (nSPS) is 14.9. The number of rotatable bonds is 3. The predicted octanol–water partition coefficient (Wildman–Crippen LogP) is 3.53. The van der Waals surface area contributed by atoms with Gasteiger partial charge in [-0.3, -0.25) is 4.98 Å². The van der Waals surface area contributed by atoms with Crippen LogP contribution in [0.5, 0.6) is 0 Å². The van der Waals surface area contributed by atoms with Crippen molar-refractivity contribution < 1.29 is 0 Å². The van der Waals surface area contributed by atoms with Crippen molar-refractivity contribution >= 4 is 22.4 Å². The largest absolute Gasteiger partial charge is 0.367 e. The molecule has 1 aliphatic rings. The number of nitrogens with zero attached hydrogens (tertiary/aromatic N) is 5. The fourth-order valence-corrected chi connectivity index (χ4v) is 3.92. The fraction of sp³-hybridized carbons (Fsp3) is 0.381. The van der Waals surface area contributed by atoms with Crippen LogP contribution < -0.4 is 9.80 Å². The molecule has 5 nitrogen and oxygen atoms in total. The first kappa shape index (κ1) is 16.8. The standard InChI is InChI=1S/C21H25N5/c1-4-17-15(2)23-19-8-6-5-7-18(19)21(17)26-13-11-25(12-14-26)20-9-10-22-16(3)24-20/h5-10H,4,11-14H2,1-3H3. The van der Waals surface area contributed by atoms with Crippen LogP contribution in [-0.2, 0) is 6.42 Å². The molecule has 1 aromatic carbocycles. The average Bonchev–Trinajstić information content (AvgIpc) is 2.67.